The number of nitrogens with zero attached hydrogens (tertiary/aromatic N) is 3. The van der Waals surface area contributed by atoms with Crippen LogP contribution in [-0.2, 0) is 6.54 Å². The Morgan fingerprint density at radius 3 is 2.92 bits per heavy atom. The van der Waals surface area contributed by atoms with E-state index in [-0.39, 0.29) is 36.3 Å². The van der Waals surface area contributed by atoms with Crippen LogP contribution in [0.25, 0.3) is 11.1 Å². The molecule has 1 N–H and O–H groups in total. The van der Waals surface area contributed by atoms with Gasteiger partial charge < -0.3 is 10.1 Å². The lowest BCUT2D eigenvalue weighted by molar-refractivity contribution is 0.0944. The Kier molecular flexibility index (Phi) is 3.87. The second kappa shape index (κ2) is 6.09. The van der Waals surface area contributed by atoms with Gasteiger partial charge in [0.05, 0.1) is 17.7 Å². The molecule has 0 bridgehead atoms. The number of hydrogen-bond donors (Lipinski definition) is 1. The van der Waals surface area contributed by atoms with E-state index in [2.05, 4.69) is 10.4 Å². The quantitative estimate of drug-likeness (QED) is 0.914. The van der Waals surface area contributed by atoms with Crippen molar-refractivity contribution in [3.8, 4) is 23.1 Å². The number of ether oxygens (including phenoxy) is 1. The SMILES string of the molecule is Cc1cc(C#N)c(F)cc1-c1c(C(=O)NC2CC2)nn2c1OC[C@H](F)C2. The van der Waals surface area contributed by atoms with Crippen LogP contribution in [0.4, 0.5) is 8.78 Å². The molecule has 2 heterocycles. The molecule has 1 saturated carbocycles. The summed E-state index contributed by atoms with van der Waals surface area (Å²) in [6, 6.07) is 4.52. The number of nitrogens with one attached hydrogen (secondary N) is 1. The monoisotopic (exact) mass is 358 g/mol. The van der Waals surface area contributed by atoms with Crippen molar-refractivity contribution in [3.63, 3.8) is 0 Å². The Balaban J connectivity index is 1.87. The van der Waals surface area contributed by atoms with Crippen LogP contribution >= 0.6 is 0 Å². The van der Waals surface area contributed by atoms with Crippen molar-refractivity contribution in [1.29, 1.82) is 5.26 Å². The number of nitriles is 1. The van der Waals surface area contributed by atoms with E-state index in [1.165, 1.54) is 16.8 Å². The number of rotatable bonds is 3. The summed E-state index contributed by atoms with van der Waals surface area (Å²) < 4.78 is 34.7. The van der Waals surface area contributed by atoms with E-state index in [0.29, 0.717) is 16.7 Å². The first-order chi connectivity index (χ1) is 12.5. The van der Waals surface area contributed by atoms with E-state index in [4.69, 9.17) is 10.00 Å². The molecule has 1 aromatic heterocycles. The average Bonchev–Trinajstić information content (AvgIpc) is 3.34. The maximum Gasteiger partial charge on any atom is 0.272 e. The summed E-state index contributed by atoms with van der Waals surface area (Å²) >= 11 is 0. The fraction of sp³-hybridized carbons (Fsp3) is 0.389. The van der Waals surface area contributed by atoms with Gasteiger partial charge in [-0.15, -0.1) is 0 Å². The molecule has 0 spiro atoms. The summed E-state index contributed by atoms with van der Waals surface area (Å²) in [5, 5.41) is 16.1. The van der Waals surface area contributed by atoms with E-state index >= 15 is 0 Å². The van der Waals surface area contributed by atoms with Gasteiger partial charge in [0.1, 0.15) is 18.5 Å². The second-order valence-electron chi connectivity index (χ2n) is 6.63. The predicted molar refractivity (Wildman–Crippen MR) is 88.0 cm³/mol. The largest absolute Gasteiger partial charge is 0.474 e. The minimum Gasteiger partial charge on any atom is -0.474 e. The van der Waals surface area contributed by atoms with Crippen molar-refractivity contribution in [3.05, 3.63) is 34.8 Å². The number of alkyl halides is 1. The lowest BCUT2D eigenvalue weighted by Gasteiger charge is -2.19. The van der Waals surface area contributed by atoms with Gasteiger partial charge in [-0.3, -0.25) is 4.79 Å². The number of fused-ring (bicyclic) bond motifs is 1. The minimum atomic E-state index is -1.23. The molecule has 1 amide bonds. The Morgan fingerprint density at radius 2 is 2.23 bits per heavy atom. The van der Waals surface area contributed by atoms with E-state index in [0.717, 1.165) is 12.8 Å². The molecule has 0 saturated heterocycles. The number of carbonyl (C=O) groups is 1. The number of hydrogen-bond acceptors (Lipinski definition) is 4. The molecule has 0 unspecified atom stereocenters. The summed E-state index contributed by atoms with van der Waals surface area (Å²) in [6.45, 7) is 1.53. The summed E-state index contributed by atoms with van der Waals surface area (Å²) in [7, 11) is 0. The number of aryl methyl sites for hydroxylation is 1. The zero-order valence-electron chi connectivity index (χ0n) is 14.1. The molecule has 1 atom stereocenters. The molecule has 4 rings (SSSR count). The van der Waals surface area contributed by atoms with Crippen LogP contribution in [0.1, 0.15) is 34.5 Å². The Hall–Kier alpha value is -2.95. The summed E-state index contributed by atoms with van der Waals surface area (Å²) in [4.78, 5) is 12.6. The van der Waals surface area contributed by atoms with Crippen LogP contribution in [0.5, 0.6) is 5.88 Å². The van der Waals surface area contributed by atoms with Crippen molar-refractivity contribution < 1.29 is 18.3 Å². The van der Waals surface area contributed by atoms with Crippen LogP contribution < -0.4 is 10.1 Å². The highest BCUT2D eigenvalue weighted by atomic mass is 19.1. The summed E-state index contributed by atoms with van der Waals surface area (Å²) in [5.74, 6) is -0.847. The van der Waals surface area contributed by atoms with Crippen LogP contribution in [0, 0.1) is 24.1 Å². The van der Waals surface area contributed by atoms with Gasteiger partial charge in [0.2, 0.25) is 5.88 Å². The highest BCUT2D eigenvalue weighted by Crippen LogP contribution is 2.38. The van der Waals surface area contributed by atoms with Gasteiger partial charge in [-0.05, 0) is 43.0 Å². The number of amides is 1. The topological polar surface area (TPSA) is 79.9 Å². The van der Waals surface area contributed by atoms with E-state index in [1.54, 1.807) is 13.0 Å². The lowest BCUT2D eigenvalue weighted by atomic mass is 9.97. The lowest BCUT2D eigenvalue weighted by Crippen LogP contribution is -2.27. The Bertz CT molecular complexity index is 944. The van der Waals surface area contributed by atoms with Gasteiger partial charge in [-0.2, -0.15) is 10.4 Å². The van der Waals surface area contributed by atoms with Gasteiger partial charge in [0.15, 0.2) is 11.9 Å². The normalized spacial score (nSPS) is 18.6. The first kappa shape index (κ1) is 16.5. The van der Waals surface area contributed by atoms with Crippen LogP contribution in [0.3, 0.4) is 0 Å². The molecule has 0 radical (unpaired) electrons. The van der Waals surface area contributed by atoms with Gasteiger partial charge >= 0.3 is 0 Å². The fourth-order valence-corrected chi connectivity index (χ4v) is 3.05. The molecule has 6 nitrogen and oxygen atoms in total. The van der Waals surface area contributed by atoms with Gasteiger partial charge in [-0.25, -0.2) is 13.5 Å². The zero-order valence-corrected chi connectivity index (χ0v) is 14.1. The van der Waals surface area contributed by atoms with Gasteiger partial charge in [0.25, 0.3) is 5.91 Å². The number of aromatic nitrogens is 2. The van der Waals surface area contributed by atoms with Crippen LogP contribution in [0.15, 0.2) is 12.1 Å². The molecule has 134 valence electrons. The van der Waals surface area contributed by atoms with Crippen LogP contribution in [0.2, 0.25) is 0 Å². The van der Waals surface area contributed by atoms with Crippen molar-refractivity contribution >= 4 is 5.91 Å². The maximum absolute atomic E-state index is 14.2. The van der Waals surface area contributed by atoms with Crippen molar-refractivity contribution in [2.45, 2.75) is 38.5 Å². The molecule has 2 aromatic rings. The summed E-state index contributed by atoms with van der Waals surface area (Å²) in [5.41, 5.74) is 1.33. The molecule has 1 aliphatic carbocycles. The maximum atomic E-state index is 14.2. The average molecular weight is 358 g/mol. The van der Waals surface area contributed by atoms with Crippen molar-refractivity contribution in [1.82, 2.24) is 15.1 Å². The first-order valence-electron chi connectivity index (χ1n) is 8.37. The molecule has 1 aromatic carbocycles. The van der Waals surface area contributed by atoms with Gasteiger partial charge in [0, 0.05) is 6.04 Å². The summed E-state index contributed by atoms with van der Waals surface area (Å²) in [6.07, 6.45) is 0.582. The van der Waals surface area contributed by atoms with Crippen LogP contribution in [-0.4, -0.2) is 34.5 Å². The second-order valence-corrected chi connectivity index (χ2v) is 6.63. The highest BCUT2D eigenvalue weighted by Gasteiger charge is 2.33. The highest BCUT2D eigenvalue weighted by molar-refractivity contribution is 6.01. The molecular weight excluding hydrogens is 342 g/mol. The standard InChI is InChI=1S/C18H16F2N4O2/c1-9-4-10(6-21)14(20)5-13(9)15-16(17(25)22-12-2-3-12)23-24-7-11(19)8-26-18(15)24/h4-5,11-12H,2-3,7-8H2,1H3,(H,22,25)/t11-/m1/s1. The third kappa shape index (κ3) is 2.79. The fourth-order valence-electron chi connectivity index (χ4n) is 3.05. The smallest absolute Gasteiger partial charge is 0.272 e. The van der Waals surface area contributed by atoms with Crippen molar-refractivity contribution in [2.75, 3.05) is 6.61 Å². The van der Waals surface area contributed by atoms with E-state index < -0.39 is 17.9 Å². The van der Waals surface area contributed by atoms with Gasteiger partial charge in [-0.1, -0.05) is 0 Å². The molecule has 1 aliphatic heterocycles. The number of halogens is 2. The van der Waals surface area contributed by atoms with Crippen molar-refractivity contribution in [2.24, 2.45) is 0 Å². The molecule has 26 heavy (non-hydrogen) atoms. The zero-order chi connectivity index (χ0) is 18.4. The Morgan fingerprint density at radius 1 is 1.46 bits per heavy atom. The molecule has 2 aliphatic rings. The van der Waals surface area contributed by atoms with E-state index in [9.17, 15) is 13.6 Å². The number of benzene rings is 1. The molecule has 8 heteroatoms. The minimum absolute atomic E-state index is 0.0309. The number of carbonyl (C=O) groups excluding carboxylic acids is 1. The molecular formula is C18H16F2N4O2. The Labute approximate surface area is 148 Å². The third-order valence-corrected chi connectivity index (χ3v) is 4.51. The first-order valence-corrected chi connectivity index (χ1v) is 8.37. The van der Waals surface area contributed by atoms with E-state index in [1.807, 2.05) is 0 Å². The third-order valence-electron chi connectivity index (χ3n) is 4.51. The molecule has 1 fully saturated rings. The predicted octanol–water partition coefficient (Wildman–Crippen LogP) is 2.49.